The highest BCUT2D eigenvalue weighted by Gasteiger charge is 2.36. The molecule has 6 nitrogen and oxygen atoms in total. The van der Waals surface area contributed by atoms with Crippen LogP contribution in [0.15, 0.2) is 70.2 Å². The van der Waals surface area contributed by atoms with E-state index in [2.05, 4.69) is 23.3 Å². The molecule has 2 N–H and O–H groups in total. The third-order valence-corrected chi connectivity index (χ3v) is 7.28. The Labute approximate surface area is 206 Å². The SMILES string of the molecule is C=CCOC(=O)C1=C(C)NC(SCC(=O)Nc2cccc(Cl)c2C)=C(C#N)C1c1cccs1. The molecule has 2 heterocycles. The van der Waals surface area contributed by atoms with Gasteiger partial charge >= 0.3 is 5.97 Å². The number of thioether (sulfide) groups is 1. The molecule has 0 saturated carbocycles. The summed E-state index contributed by atoms with van der Waals surface area (Å²) in [7, 11) is 0. The van der Waals surface area contributed by atoms with E-state index >= 15 is 0 Å². The lowest BCUT2D eigenvalue weighted by atomic mass is 9.87. The van der Waals surface area contributed by atoms with Crippen molar-refractivity contribution in [1.82, 2.24) is 5.32 Å². The van der Waals surface area contributed by atoms with Gasteiger partial charge in [-0.05, 0) is 43.0 Å². The molecule has 0 saturated heterocycles. The van der Waals surface area contributed by atoms with Crippen LogP contribution in [0, 0.1) is 18.3 Å². The fourth-order valence-corrected chi connectivity index (χ4v) is 5.23. The van der Waals surface area contributed by atoms with Gasteiger partial charge in [-0.25, -0.2) is 4.79 Å². The van der Waals surface area contributed by atoms with E-state index in [4.69, 9.17) is 16.3 Å². The molecule has 0 radical (unpaired) electrons. The average molecular weight is 500 g/mol. The van der Waals surface area contributed by atoms with Crippen LogP contribution in [0.3, 0.4) is 0 Å². The van der Waals surface area contributed by atoms with Gasteiger partial charge in [0.25, 0.3) is 0 Å². The van der Waals surface area contributed by atoms with Gasteiger partial charge in [-0.15, -0.1) is 11.3 Å². The quantitative estimate of drug-likeness (QED) is 0.367. The van der Waals surface area contributed by atoms with E-state index in [9.17, 15) is 14.9 Å². The largest absolute Gasteiger partial charge is 0.458 e. The van der Waals surface area contributed by atoms with Crippen LogP contribution >= 0.6 is 34.7 Å². The number of ether oxygens (including phenoxy) is 1. The van der Waals surface area contributed by atoms with Crippen molar-refractivity contribution in [3.8, 4) is 6.07 Å². The fraction of sp³-hybridized carbons (Fsp3) is 0.208. The summed E-state index contributed by atoms with van der Waals surface area (Å²) in [6.45, 7) is 7.23. The Balaban J connectivity index is 1.85. The zero-order valence-electron chi connectivity index (χ0n) is 18.1. The number of carbonyl (C=O) groups excluding carboxylic acids is 2. The van der Waals surface area contributed by atoms with Gasteiger partial charge < -0.3 is 15.4 Å². The lowest BCUT2D eigenvalue weighted by Crippen LogP contribution is -2.29. The van der Waals surface area contributed by atoms with Crippen LogP contribution in [-0.4, -0.2) is 24.2 Å². The monoisotopic (exact) mass is 499 g/mol. The summed E-state index contributed by atoms with van der Waals surface area (Å²) < 4.78 is 5.28. The van der Waals surface area contributed by atoms with Crippen LogP contribution in [0.4, 0.5) is 5.69 Å². The smallest absolute Gasteiger partial charge is 0.337 e. The molecule has 1 amide bonds. The molecule has 1 atom stereocenters. The number of nitriles is 1. The van der Waals surface area contributed by atoms with Crippen molar-refractivity contribution in [2.24, 2.45) is 0 Å². The summed E-state index contributed by atoms with van der Waals surface area (Å²) in [6, 6.07) is 11.3. The molecule has 0 spiro atoms. The summed E-state index contributed by atoms with van der Waals surface area (Å²) in [5, 5.41) is 19.0. The van der Waals surface area contributed by atoms with Crippen LogP contribution < -0.4 is 10.6 Å². The minimum atomic E-state index is -0.575. The number of rotatable bonds is 8. The number of benzene rings is 1. The first kappa shape index (κ1) is 24.6. The van der Waals surface area contributed by atoms with Gasteiger partial charge in [0.05, 0.1) is 33.9 Å². The normalized spacial score (nSPS) is 15.5. The maximum atomic E-state index is 12.8. The van der Waals surface area contributed by atoms with Crippen LogP contribution in [0.5, 0.6) is 0 Å². The number of hydrogen-bond acceptors (Lipinski definition) is 7. The fourth-order valence-electron chi connectivity index (χ4n) is 3.32. The maximum absolute atomic E-state index is 12.8. The summed E-state index contributed by atoms with van der Waals surface area (Å²) in [4.78, 5) is 26.2. The highest BCUT2D eigenvalue weighted by atomic mass is 35.5. The number of allylic oxidation sites excluding steroid dienone is 2. The Bertz CT molecular complexity index is 1180. The number of dihydropyridines is 1. The standard InChI is InChI=1S/C24H22ClN3O3S2/c1-4-10-31-24(30)21-15(3)27-23(16(12-26)22(21)19-9-6-11-32-19)33-13-20(29)28-18-8-5-7-17(25)14(18)2/h4-9,11,22,27H,1,10,13H2,2-3H3,(H,28,29). The number of nitrogens with zero attached hydrogens (tertiary/aromatic N) is 1. The molecular weight excluding hydrogens is 478 g/mol. The molecule has 1 aliphatic heterocycles. The molecule has 2 aromatic rings. The van der Waals surface area contributed by atoms with Gasteiger partial charge in [-0.3, -0.25) is 4.79 Å². The predicted octanol–water partition coefficient (Wildman–Crippen LogP) is 5.51. The maximum Gasteiger partial charge on any atom is 0.337 e. The highest BCUT2D eigenvalue weighted by Crippen LogP contribution is 2.42. The molecule has 1 aliphatic rings. The molecule has 170 valence electrons. The molecule has 33 heavy (non-hydrogen) atoms. The van der Waals surface area contributed by atoms with Gasteiger partial charge in [0.1, 0.15) is 6.61 Å². The third-order valence-electron chi connectivity index (χ3n) is 4.92. The van der Waals surface area contributed by atoms with E-state index in [-0.39, 0.29) is 18.3 Å². The Morgan fingerprint density at radius 1 is 1.36 bits per heavy atom. The van der Waals surface area contributed by atoms with Gasteiger partial charge in [-0.2, -0.15) is 5.26 Å². The molecule has 0 aliphatic carbocycles. The van der Waals surface area contributed by atoms with Crippen LogP contribution in [-0.2, 0) is 14.3 Å². The second-order valence-electron chi connectivity index (χ2n) is 7.10. The second kappa shape index (κ2) is 11.2. The zero-order chi connectivity index (χ0) is 24.0. The lowest BCUT2D eigenvalue weighted by molar-refractivity contribution is -0.138. The third kappa shape index (κ3) is 5.69. The number of hydrogen-bond donors (Lipinski definition) is 2. The first-order valence-corrected chi connectivity index (χ1v) is 12.2. The summed E-state index contributed by atoms with van der Waals surface area (Å²) in [6.07, 6.45) is 1.49. The average Bonchev–Trinajstić information content (AvgIpc) is 3.33. The van der Waals surface area contributed by atoms with E-state index in [1.54, 1.807) is 25.1 Å². The van der Waals surface area contributed by atoms with Crippen molar-refractivity contribution < 1.29 is 14.3 Å². The molecule has 1 aromatic carbocycles. The number of carbonyl (C=O) groups is 2. The Morgan fingerprint density at radius 2 is 2.15 bits per heavy atom. The number of amides is 1. The van der Waals surface area contributed by atoms with Gasteiger partial charge in [0.2, 0.25) is 5.91 Å². The zero-order valence-corrected chi connectivity index (χ0v) is 20.5. The number of nitrogens with one attached hydrogen (secondary N) is 2. The molecule has 3 rings (SSSR count). The van der Waals surface area contributed by atoms with Crippen molar-refractivity contribution in [1.29, 1.82) is 5.26 Å². The first-order valence-electron chi connectivity index (χ1n) is 9.98. The summed E-state index contributed by atoms with van der Waals surface area (Å²) in [5.74, 6) is -1.25. The van der Waals surface area contributed by atoms with Crippen LogP contribution in [0.25, 0.3) is 0 Å². The molecule has 1 aromatic heterocycles. The van der Waals surface area contributed by atoms with Gasteiger partial charge in [0.15, 0.2) is 0 Å². The van der Waals surface area contributed by atoms with Crippen molar-refractivity contribution in [2.75, 3.05) is 17.7 Å². The predicted molar refractivity (Wildman–Crippen MR) is 134 cm³/mol. The Hall–Kier alpha value is -2.99. The molecule has 9 heteroatoms. The van der Waals surface area contributed by atoms with Crippen molar-refractivity contribution >= 4 is 52.3 Å². The summed E-state index contributed by atoms with van der Waals surface area (Å²) in [5.41, 5.74) is 2.74. The number of anilines is 1. The highest BCUT2D eigenvalue weighted by molar-refractivity contribution is 8.03. The van der Waals surface area contributed by atoms with E-state index in [0.29, 0.717) is 32.6 Å². The van der Waals surface area contributed by atoms with E-state index < -0.39 is 11.9 Å². The minimum Gasteiger partial charge on any atom is -0.458 e. The van der Waals surface area contributed by atoms with Crippen molar-refractivity contribution in [2.45, 2.75) is 19.8 Å². The van der Waals surface area contributed by atoms with Crippen LogP contribution in [0.1, 0.15) is 23.3 Å². The second-order valence-corrected chi connectivity index (χ2v) is 9.48. The molecular formula is C24H22ClN3O3S2. The van der Waals surface area contributed by atoms with E-state index in [1.807, 2.05) is 24.4 Å². The first-order chi connectivity index (χ1) is 15.9. The van der Waals surface area contributed by atoms with Gasteiger partial charge in [0, 0.05) is 21.3 Å². The number of halogens is 1. The van der Waals surface area contributed by atoms with Crippen molar-refractivity contribution in [3.63, 3.8) is 0 Å². The Morgan fingerprint density at radius 3 is 2.82 bits per heavy atom. The lowest BCUT2D eigenvalue weighted by Gasteiger charge is -2.28. The van der Waals surface area contributed by atoms with E-state index in [1.165, 1.54) is 29.2 Å². The van der Waals surface area contributed by atoms with Crippen molar-refractivity contribution in [3.05, 3.63) is 85.7 Å². The molecule has 0 fully saturated rings. The molecule has 1 unspecified atom stereocenters. The number of thiophene rings is 1. The van der Waals surface area contributed by atoms with Gasteiger partial charge in [-0.1, -0.05) is 48.2 Å². The molecule has 0 bridgehead atoms. The summed E-state index contributed by atoms with van der Waals surface area (Å²) >= 11 is 8.79. The Kier molecular flexibility index (Phi) is 8.39. The van der Waals surface area contributed by atoms with Crippen LogP contribution in [0.2, 0.25) is 5.02 Å². The minimum absolute atomic E-state index is 0.0696. The topological polar surface area (TPSA) is 91.2 Å². The number of esters is 1. The van der Waals surface area contributed by atoms with E-state index in [0.717, 1.165) is 10.4 Å².